The molecule has 0 spiro atoms. The largest absolute Gasteiger partial charge is 0.392 e. The third-order valence-corrected chi connectivity index (χ3v) is 5.86. The van der Waals surface area contributed by atoms with Crippen LogP contribution in [0.25, 0.3) is 0 Å². The number of carbonyl (C=O) groups excluding carboxylic acids is 1. The second-order valence-corrected chi connectivity index (χ2v) is 7.58. The molecule has 0 aromatic carbocycles. The van der Waals surface area contributed by atoms with E-state index in [1.807, 2.05) is 4.90 Å². The van der Waals surface area contributed by atoms with Crippen LogP contribution >= 0.6 is 0 Å². The molecule has 19 heavy (non-hydrogen) atoms. The van der Waals surface area contributed by atoms with Gasteiger partial charge in [0.25, 0.3) is 0 Å². The molecule has 0 aliphatic heterocycles. The van der Waals surface area contributed by atoms with Gasteiger partial charge in [-0.3, -0.25) is 4.79 Å². The Hall–Kier alpha value is -0.570. The average Bonchev–Trinajstić information content (AvgIpc) is 2.61. The third-order valence-electron chi connectivity index (χ3n) is 5.86. The lowest BCUT2D eigenvalue weighted by Crippen LogP contribution is -2.56. The molecule has 110 valence electrons. The highest BCUT2D eigenvalue weighted by atomic mass is 16.3. The first-order valence-electron chi connectivity index (χ1n) is 7.67. The van der Waals surface area contributed by atoms with Crippen molar-refractivity contribution in [2.45, 2.75) is 79.0 Å². The number of aliphatic hydroxyl groups excluding tert-OH is 1. The highest BCUT2D eigenvalue weighted by molar-refractivity contribution is 5.86. The number of hydrogen-bond acceptors (Lipinski definition) is 2. The van der Waals surface area contributed by atoms with Crippen molar-refractivity contribution in [3.63, 3.8) is 0 Å². The molecule has 0 aromatic rings. The summed E-state index contributed by atoms with van der Waals surface area (Å²) in [4.78, 5) is 15.2. The minimum atomic E-state index is -0.549. The van der Waals surface area contributed by atoms with E-state index in [-0.39, 0.29) is 23.4 Å². The van der Waals surface area contributed by atoms with Crippen molar-refractivity contribution in [3.05, 3.63) is 0 Å². The molecule has 1 N–H and O–H groups in total. The predicted molar refractivity (Wildman–Crippen MR) is 76.7 cm³/mol. The number of fused-ring (bicyclic) bond motifs is 2. The van der Waals surface area contributed by atoms with E-state index in [9.17, 15) is 9.90 Å². The Balaban J connectivity index is 2.41. The van der Waals surface area contributed by atoms with E-state index >= 15 is 0 Å². The van der Waals surface area contributed by atoms with Crippen molar-refractivity contribution in [2.75, 3.05) is 0 Å². The molecule has 3 heteroatoms. The molecule has 2 aliphatic carbocycles. The quantitative estimate of drug-likeness (QED) is 0.854. The molecule has 0 unspecified atom stereocenters. The Morgan fingerprint density at radius 1 is 1.21 bits per heavy atom. The standard InChI is InChI=1S/C16H29NO2/c1-10(2)17(11(3)4)14(19)16-8-7-12(9-13(16)18)15(16,5)6/h10-13,18H,7-9H2,1-6H3/t12-,13-,16+/m1/s1. The monoisotopic (exact) mass is 267 g/mol. The van der Waals surface area contributed by atoms with E-state index in [1.165, 1.54) is 0 Å². The normalized spacial score (nSPS) is 36.3. The number of amides is 1. The molecule has 0 heterocycles. The van der Waals surface area contributed by atoms with Crippen LogP contribution in [0.1, 0.15) is 60.8 Å². The van der Waals surface area contributed by atoms with Crippen LogP contribution in [0.15, 0.2) is 0 Å². The van der Waals surface area contributed by atoms with Gasteiger partial charge in [0, 0.05) is 12.1 Å². The van der Waals surface area contributed by atoms with Crippen LogP contribution in [0.3, 0.4) is 0 Å². The SMILES string of the molecule is CC(C)N(C(=O)[C@]12CC[C@H](C[C@H]1O)C2(C)C)C(C)C. The van der Waals surface area contributed by atoms with E-state index in [1.54, 1.807) is 0 Å². The van der Waals surface area contributed by atoms with E-state index < -0.39 is 11.5 Å². The first-order valence-corrected chi connectivity index (χ1v) is 7.67. The van der Waals surface area contributed by atoms with Gasteiger partial charge in [0.2, 0.25) is 5.91 Å². The Morgan fingerprint density at radius 2 is 1.74 bits per heavy atom. The number of hydrogen-bond donors (Lipinski definition) is 1. The summed E-state index contributed by atoms with van der Waals surface area (Å²) in [5.41, 5.74) is -0.627. The van der Waals surface area contributed by atoms with Gasteiger partial charge in [-0.1, -0.05) is 13.8 Å². The maximum absolute atomic E-state index is 13.2. The summed E-state index contributed by atoms with van der Waals surface area (Å²) in [6.45, 7) is 12.6. The Labute approximate surface area is 117 Å². The fourth-order valence-corrected chi connectivity index (χ4v) is 4.75. The van der Waals surface area contributed by atoms with Crippen molar-refractivity contribution in [2.24, 2.45) is 16.7 Å². The van der Waals surface area contributed by atoms with Crippen molar-refractivity contribution >= 4 is 5.91 Å². The molecule has 2 rings (SSSR count). The van der Waals surface area contributed by atoms with E-state index in [4.69, 9.17) is 0 Å². The van der Waals surface area contributed by atoms with Crippen LogP contribution in [0.5, 0.6) is 0 Å². The van der Waals surface area contributed by atoms with Crippen LogP contribution in [0.2, 0.25) is 0 Å². The van der Waals surface area contributed by atoms with Crippen LogP contribution in [-0.4, -0.2) is 34.1 Å². The molecule has 3 nitrogen and oxygen atoms in total. The molecule has 2 aliphatic rings. The van der Waals surface area contributed by atoms with Gasteiger partial charge < -0.3 is 10.0 Å². The molecular weight excluding hydrogens is 238 g/mol. The van der Waals surface area contributed by atoms with Gasteiger partial charge in [0.15, 0.2) is 0 Å². The summed E-state index contributed by atoms with van der Waals surface area (Å²) >= 11 is 0. The average molecular weight is 267 g/mol. The predicted octanol–water partition coefficient (Wildman–Crippen LogP) is 2.82. The molecule has 0 radical (unpaired) electrons. The van der Waals surface area contributed by atoms with E-state index in [0.717, 1.165) is 19.3 Å². The first-order chi connectivity index (χ1) is 8.66. The van der Waals surface area contributed by atoms with Crippen LogP contribution in [0.4, 0.5) is 0 Å². The van der Waals surface area contributed by atoms with Gasteiger partial charge in [-0.05, 0) is 58.3 Å². The summed E-state index contributed by atoms with van der Waals surface area (Å²) in [6, 6.07) is 0.369. The number of nitrogens with zero attached hydrogens (tertiary/aromatic N) is 1. The second-order valence-electron chi connectivity index (χ2n) is 7.58. The van der Waals surface area contributed by atoms with Crippen molar-refractivity contribution < 1.29 is 9.90 Å². The zero-order valence-corrected chi connectivity index (χ0v) is 13.2. The van der Waals surface area contributed by atoms with E-state index in [2.05, 4.69) is 41.5 Å². The van der Waals surface area contributed by atoms with Crippen LogP contribution < -0.4 is 0 Å². The summed E-state index contributed by atoms with van der Waals surface area (Å²) in [7, 11) is 0. The van der Waals surface area contributed by atoms with Gasteiger partial charge in [0.05, 0.1) is 11.5 Å². The lowest BCUT2D eigenvalue weighted by atomic mass is 9.67. The summed E-state index contributed by atoms with van der Waals surface area (Å²) in [5, 5.41) is 10.5. The Morgan fingerprint density at radius 3 is 2.05 bits per heavy atom. The number of aliphatic hydroxyl groups is 1. The third kappa shape index (κ3) is 1.77. The van der Waals surface area contributed by atoms with Crippen molar-refractivity contribution in [1.82, 2.24) is 4.90 Å². The number of carbonyl (C=O) groups is 1. The fraction of sp³-hybridized carbons (Fsp3) is 0.938. The summed E-state index contributed by atoms with van der Waals surface area (Å²) in [6.07, 6.45) is 2.26. The first kappa shape index (κ1) is 14.8. The Bertz CT molecular complexity index is 367. The molecule has 1 amide bonds. The van der Waals surface area contributed by atoms with Crippen molar-refractivity contribution in [3.8, 4) is 0 Å². The molecule has 0 aromatic heterocycles. The molecule has 3 atom stereocenters. The lowest BCUT2D eigenvalue weighted by Gasteiger charge is -2.45. The Kier molecular flexibility index (Phi) is 3.49. The molecule has 2 saturated carbocycles. The van der Waals surface area contributed by atoms with Gasteiger partial charge in [-0.2, -0.15) is 0 Å². The zero-order valence-electron chi connectivity index (χ0n) is 13.2. The molecule has 2 bridgehead atoms. The topological polar surface area (TPSA) is 40.5 Å². The van der Waals surface area contributed by atoms with Crippen molar-refractivity contribution in [1.29, 1.82) is 0 Å². The molecular formula is C16H29NO2. The molecule has 0 saturated heterocycles. The second kappa shape index (κ2) is 4.47. The molecule has 2 fully saturated rings. The minimum Gasteiger partial charge on any atom is -0.392 e. The van der Waals surface area contributed by atoms with Crippen LogP contribution in [0, 0.1) is 16.7 Å². The fourth-order valence-electron chi connectivity index (χ4n) is 4.75. The van der Waals surface area contributed by atoms with Crippen LogP contribution in [-0.2, 0) is 4.79 Å². The van der Waals surface area contributed by atoms with Gasteiger partial charge in [-0.15, -0.1) is 0 Å². The summed E-state index contributed by atoms with van der Waals surface area (Å²) < 4.78 is 0. The van der Waals surface area contributed by atoms with E-state index in [0.29, 0.717) is 5.92 Å². The van der Waals surface area contributed by atoms with Gasteiger partial charge >= 0.3 is 0 Å². The number of rotatable bonds is 3. The lowest BCUT2D eigenvalue weighted by molar-refractivity contribution is -0.158. The highest BCUT2D eigenvalue weighted by Crippen LogP contribution is 2.66. The van der Waals surface area contributed by atoms with Gasteiger partial charge in [0.1, 0.15) is 0 Å². The summed E-state index contributed by atoms with van der Waals surface area (Å²) in [5.74, 6) is 0.669. The highest BCUT2D eigenvalue weighted by Gasteiger charge is 2.68. The minimum absolute atomic E-state index is 0.0778. The van der Waals surface area contributed by atoms with Gasteiger partial charge in [-0.25, -0.2) is 0 Å². The maximum Gasteiger partial charge on any atom is 0.232 e. The maximum atomic E-state index is 13.2. The zero-order chi connectivity index (χ0) is 14.6. The smallest absolute Gasteiger partial charge is 0.232 e.